The number of aliphatic hydroxyl groups is 1. The van der Waals surface area contributed by atoms with Crippen LogP contribution in [0.2, 0.25) is 0 Å². The summed E-state index contributed by atoms with van der Waals surface area (Å²) in [6, 6.07) is 4.31. The molecule has 4 nitrogen and oxygen atoms in total. The number of benzene rings is 1. The molecule has 0 amide bonds. The fraction of sp³-hybridized carbons (Fsp3) is 0.200. The molecule has 1 aromatic heterocycles. The summed E-state index contributed by atoms with van der Waals surface area (Å²) in [4.78, 5) is 7.93. The van der Waals surface area contributed by atoms with Gasteiger partial charge < -0.3 is 10.2 Å². The van der Waals surface area contributed by atoms with Gasteiger partial charge in [-0.1, -0.05) is 0 Å². The summed E-state index contributed by atoms with van der Waals surface area (Å²) >= 11 is 0. The lowest BCUT2D eigenvalue weighted by molar-refractivity contribution is -0.137. The Balaban J connectivity index is 2.31. The summed E-state index contributed by atoms with van der Waals surface area (Å²) in [6.07, 6.45) is -1.70. The monoisotopic (exact) mass is 310 g/mol. The lowest BCUT2D eigenvalue weighted by Gasteiger charge is -2.07. The molecule has 0 fully saturated rings. The van der Waals surface area contributed by atoms with Crippen molar-refractivity contribution >= 4 is 11.9 Å². The fourth-order valence-corrected chi connectivity index (χ4v) is 1.80. The molecule has 1 aromatic carbocycles. The van der Waals surface area contributed by atoms with Gasteiger partial charge >= 0.3 is 6.18 Å². The van der Waals surface area contributed by atoms with Crippen molar-refractivity contribution in [3.05, 3.63) is 52.8 Å². The van der Waals surface area contributed by atoms with E-state index in [1.54, 1.807) is 6.92 Å². The van der Waals surface area contributed by atoms with E-state index in [-0.39, 0.29) is 17.9 Å². The molecule has 2 N–H and O–H groups in total. The van der Waals surface area contributed by atoms with Gasteiger partial charge in [-0.3, -0.25) is 9.98 Å². The molecule has 0 aliphatic rings. The van der Waals surface area contributed by atoms with Crippen molar-refractivity contribution in [3.8, 4) is 5.75 Å². The zero-order valence-corrected chi connectivity index (χ0v) is 11.6. The van der Waals surface area contributed by atoms with E-state index >= 15 is 0 Å². The molecule has 2 aromatic rings. The molecule has 116 valence electrons. The Morgan fingerprint density at radius 1 is 1.23 bits per heavy atom. The number of rotatable bonds is 3. The Kier molecular flexibility index (Phi) is 4.46. The van der Waals surface area contributed by atoms with E-state index in [1.165, 1.54) is 24.5 Å². The number of hydrogen-bond acceptors (Lipinski definition) is 4. The second-order valence-electron chi connectivity index (χ2n) is 4.59. The Labute approximate surface area is 124 Å². The first-order chi connectivity index (χ1) is 10.3. The Morgan fingerprint density at radius 2 is 1.86 bits per heavy atom. The Bertz CT molecular complexity index is 695. The first kappa shape index (κ1) is 16.0. The van der Waals surface area contributed by atoms with Crippen LogP contribution in [0.25, 0.3) is 0 Å². The summed E-state index contributed by atoms with van der Waals surface area (Å²) in [5.41, 5.74) is 0.565. The third-order valence-corrected chi connectivity index (χ3v) is 3.07. The second kappa shape index (κ2) is 6.15. The molecule has 0 aliphatic carbocycles. The van der Waals surface area contributed by atoms with Crippen LogP contribution in [0.3, 0.4) is 0 Å². The van der Waals surface area contributed by atoms with Crippen LogP contribution >= 0.6 is 0 Å². The molecule has 1 heterocycles. The number of nitrogens with zero attached hydrogens (tertiary/aromatic N) is 2. The third-order valence-electron chi connectivity index (χ3n) is 3.07. The van der Waals surface area contributed by atoms with Crippen molar-refractivity contribution in [1.82, 2.24) is 4.98 Å². The quantitative estimate of drug-likeness (QED) is 0.854. The highest BCUT2D eigenvalue weighted by Crippen LogP contribution is 2.30. The highest BCUT2D eigenvalue weighted by Gasteiger charge is 2.29. The standard InChI is InChI=1S/C15H13F3N2O2/c1-9-14(22)13(10(8-21)6-19-9)7-20-12-4-2-11(3-5-12)15(16,17)18/h2-7,21-22H,8H2,1H3. The lowest BCUT2D eigenvalue weighted by Crippen LogP contribution is -2.03. The second-order valence-corrected chi connectivity index (χ2v) is 4.59. The first-order valence-corrected chi connectivity index (χ1v) is 6.32. The number of aromatic nitrogens is 1. The number of alkyl halides is 3. The minimum Gasteiger partial charge on any atom is -0.505 e. The summed E-state index contributed by atoms with van der Waals surface area (Å²) in [5.74, 6) is -0.123. The zero-order valence-electron chi connectivity index (χ0n) is 11.6. The van der Waals surface area contributed by atoms with Crippen LogP contribution in [-0.4, -0.2) is 21.4 Å². The van der Waals surface area contributed by atoms with Crippen LogP contribution in [0.15, 0.2) is 35.5 Å². The molecule has 0 saturated heterocycles. The lowest BCUT2D eigenvalue weighted by atomic mass is 10.1. The molecular weight excluding hydrogens is 297 g/mol. The minimum atomic E-state index is -4.40. The predicted molar refractivity (Wildman–Crippen MR) is 75.3 cm³/mol. The number of aliphatic imine (C=N–C) groups is 1. The number of halogens is 3. The van der Waals surface area contributed by atoms with Gasteiger partial charge in [-0.25, -0.2) is 0 Å². The molecule has 0 saturated carbocycles. The van der Waals surface area contributed by atoms with Gasteiger partial charge in [0.2, 0.25) is 0 Å². The van der Waals surface area contributed by atoms with Gasteiger partial charge in [0.25, 0.3) is 0 Å². The van der Waals surface area contributed by atoms with Gasteiger partial charge in [-0.15, -0.1) is 0 Å². The number of hydrogen-bond donors (Lipinski definition) is 2. The van der Waals surface area contributed by atoms with Crippen LogP contribution in [0, 0.1) is 6.92 Å². The van der Waals surface area contributed by atoms with E-state index in [4.69, 9.17) is 0 Å². The minimum absolute atomic E-state index is 0.123. The number of pyridine rings is 1. The molecule has 2 rings (SSSR count). The predicted octanol–water partition coefficient (Wildman–Crippen LogP) is 3.36. The maximum atomic E-state index is 12.5. The van der Waals surface area contributed by atoms with Crippen molar-refractivity contribution in [1.29, 1.82) is 0 Å². The fourth-order valence-electron chi connectivity index (χ4n) is 1.80. The molecule has 0 atom stereocenters. The van der Waals surface area contributed by atoms with Crippen LogP contribution < -0.4 is 0 Å². The molecule has 0 unspecified atom stereocenters. The average Bonchev–Trinajstić information content (AvgIpc) is 2.48. The molecule has 0 bridgehead atoms. The van der Waals surface area contributed by atoms with Gasteiger partial charge in [0.15, 0.2) is 0 Å². The highest BCUT2D eigenvalue weighted by molar-refractivity contribution is 5.87. The normalized spacial score (nSPS) is 12.0. The Hall–Kier alpha value is -2.41. The molecule has 22 heavy (non-hydrogen) atoms. The summed E-state index contributed by atoms with van der Waals surface area (Å²) < 4.78 is 37.4. The van der Waals surface area contributed by atoms with Gasteiger partial charge in [0, 0.05) is 23.5 Å². The van der Waals surface area contributed by atoms with E-state index in [9.17, 15) is 23.4 Å². The van der Waals surface area contributed by atoms with Gasteiger partial charge in [0.05, 0.1) is 23.6 Å². The van der Waals surface area contributed by atoms with Crippen molar-refractivity contribution in [2.45, 2.75) is 19.7 Å². The van der Waals surface area contributed by atoms with E-state index < -0.39 is 11.7 Å². The SMILES string of the molecule is Cc1ncc(CO)c(C=Nc2ccc(C(F)(F)F)cc2)c1O. The maximum Gasteiger partial charge on any atom is 0.416 e. The van der Waals surface area contributed by atoms with E-state index in [0.717, 1.165) is 12.1 Å². The number of aromatic hydroxyl groups is 1. The average molecular weight is 310 g/mol. The Morgan fingerprint density at radius 3 is 2.41 bits per heavy atom. The molecule has 0 spiro atoms. The third kappa shape index (κ3) is 3.43. The highest BCUT2D eigenvalue weighted by atomic mass is 19.4. The number of aliphatic hydroxyl groups excluding tert-OH is 1. The van der Waals surface area contributed by atoms with Crippen LogP contribution in [0.1, 0.15) is 22.4 Å². The van der Waals surface area contributed by atoms with Crippen LogP contribution in [0.4, 0.5) is 18.9 Å². The largest absolute Gasteiger partial charge is 0.505 e. The van der Waals surface area contributed by atoms with Crippen LogP contribution in [-0.2, 0) is 12.8 Å². The van der Waals surface area contributed by atoms with E-state index in [0.29, 0.717) is 16.9 Å². The summed E-state index contributed by atoms with van der Waals surface area (Å²) in [5, 5.41) is 19.1. The van der Waals surface area contributed by atoms with Crippen molar-refractivity contribution in [3.63, 3.8) is 0 Å². The molecule has 7 heteroatoms. The van der Waals surface area contributed by atoms with Gasteiger partial charge in [0.1, 0.15) is 5.75 Å². The smallest absolute Gasteiger partial charge is 0.416 e. The first-order valence-electron chi connectivity index (χ1n) is 6.32. The molecule has 0 aliphatic heterocycles. The van der Waals surface area contributed by atoms with Gasteiger partial charge in [-0.2, -0.15) is 13.2 Å². The zero-order chi connectivity index (χ0) is 16.3. The van der Waals surface area contributed by atoms with Crippen molar-refractivity contribution < 1.29 is 23.4 Å². The van der Waals surface area contributed by atoms with E-state index in [1.807, 2.05) is 0 Å². The molecular formula is C15H13F3N2O2. The van der Waals surface area contributed by atoms with E-state index in [2.05, 4.69) is 9.98 Å². The van der Waals surface area contributed by atoms with Crippen molar-refractivity contribution in [2.75, 3.05) is 0 Å². The summed E-state index contributed by atoms with van der Waals surface area (Å²) in [6.45, 7) is 1.25. The maximum absolute atomic E-state index is 12.5. The number of aryl methyl sites for hydroxylation is 1. The van der Waals surface area contributed by atoms with Gasteiger partial charge in [-0.05, 0) is 31.2 Å². The topological polar surface area (TPSA) is 65.7 Å². The molecule has 0 radical (unpaired) electrons. The van der Waals surface area contributed by atoms with Crippen LogP contribution in [0.5, 0.6) is 5.75 Å². The summed E-state index contributed by atoms with van der Waals surface area (Å²) in [7, 11) is 0. The van der Waals surface area contributed by atoms with Crippen molar-refractivity contribution in [2.24, 2.45) is 4.99 Å².